The number of fused-ring (bicyclic) bond motifs is 1. The highest BCUT2D eigenvalue weighted by Crippen LogP contribution is 2.38. The molecule has 22 heavy (non-hydrogen) atoms. The molecule has 0 N–H and O–H groups in total. The van der Waals surface area contributed by atoms with E-state index in [4.69, 9.17) is 4.74 Å². The predicted molar refractivity (Wildman–Crippen MR) is 81.4 cm³/mol. The standard InChI is InChI=1S/C15H19N3O4/c1-22-14-8-11-4-7-17(12(11)9-13(14)18(20)21)10-15(19)16-5-2-3-6-16/h8-9H,2-7,10H2,1H3. The van der Waals surface area contributed by atoms with Crippen LogP contribution in [0.1, 0.15) is 18.4 Å². The first-order valence-corrected chi connectivity index (χ1v) is 7.48. The number of methoxy groups -OCH3 is 1. The fourth-order valence-corrected chi connectivity index (χ4v) is 3.17. The van der Waals surface area contributed by atoms with Gasteiger partial charge in [-0.05, 0) is 30.9 Å². The van der Waals surface area contributed by atoms with Crippen LogP contribution in [-0.4, -0.2) is 49.0 Å². The summed E-state index contributed by atoms with van der Waals surface area (Å²) in [6.45, 7) is 2.64. The Kier molecular flexibility index (Phi) is 3.87. The number of hydrogen-bond acceptors (Lipinski definition) is 5. The van der Waals surface area contributed by atoms with Gasteiger partial charge in [0.1, 0.15) is 0 Å². The molecule has 2 aliphatic rings. The van der Waals surface area contributed by atoms with Crippen LogP contribution in [0.15, 0.2) is 12.1 Å². The maximum atomic E-state index is 12.3. The average molecular weight is 305 g/mol. The summed E-state index contributed by atoms with van der Waals surface area (Å²) in [5.74, 6) is 0.375. The quantitative estimate of drug-likeness (QED) is 0.623. The molecule has 2 aliphatic heterocycles. The minimum absolute atomic E-state index is 0.0539. The Morgan fingerprint density at radius 3 is 2.68 bits per heavy atom. The third-order valence-electron chi connectivity index (χ3n) is 4.35. The van der Waals surface area contributed by atoms with E-state index in [1.165, 1.54) is 13.2 Å². The van der Waals surface area contributed by atoms with Gasteiger partial charge in [0.05, 0.1) is 18.6 Å². The van der Waals surface area contributed by atoms with Crippen molar-refractivity contribution in [1.82, 2.24) is 4.90 Å². The number of carbonyl (C=O) groups excluding carboxylic acids is 1. The first-order valence-electron chi connectivity index (χ1n) is 7.48. The highest BCUT2D eigenvalue weighted by atomic mass is 16.6. The molecule has 0 atom stereocenters. The third-order valence-corrected chi connectivity index (χ3v) is 4.35. The molecule has 7 nitrogen and oxygen atoms in total. The molecule has 0 radical (unpaired) electrons. The van der Waals surface area contributed by atoms with Crippen molar-refractivity contribution in [3.8, 4) is 5.75 Å². The zero-order valence-electron chi connectivity index (χ0n) is 12.6. The van der Waals surface area contributed by atoms with Crippen LogP contribution in [0.4, 0.5) is 11.4 Å². The van der Waals surface area contributed by atoms with E-state index in [-0.39, 0.29) is 23.9 Å². The number of anilines is 1. The van der Waals surface area contributed by atoms with Gasteiger partial charge in [0.15, 0.2) is 5.75 Å². The summed E-state index contributed by atoms with van der Waals surface area (Å²) in [5, 5.41) is 11.2. The van der Waals surface area contributed by atoms with Gasteiger partial charge >= 0.3 is 5.69 Å². The second kappa shape index (κ2) is 5.82. The number of likely N-dealkylation sites (tertiary alicyclic amines) is 1. The van der Waals surface area contributed by atoms with Crippen molar-refractivity contribution in [3.05, 3.63) is 27.8 Å². The molecule has 0 aromatic heterocycles. The molecule has 1 saturated heterocycles. The van der Waals surface area contributed by atoms with Crippen molar-refractivity contribution in [3.63, 3.8) is 0 Å². The normalized spacial score (nSPS) is 16.8. The Labute approximate surface area is 128 Å². The van der Waals surface area contributed by atoms with Gasteiger partial charge in [-0.25, -0.2) is 0 Å². The number of rotatable bonds is 4. The number of amides is 1. The first-order chi connectivity index (χ1) is 10.6. The van der Waals surface area contributed by atoms with Gasteiger partial charge in [0.25, 0.3) is 0 Å². The average Bonchev–Trinajstić information content (AvgIpc) is 3.15. The molecule has 1 aromatic carbocycles. The number of nitro groups is 1. The van der Waals surface area contributed by atoms with Crippen LogP contribution in [0.3, 0.4) is 0 Å². The SMILES string of the molecule is COc1cc2c(cc1[N+](=O)[O-])N(CC(=O)N1CCCC1)CC2. The number of hydrogen-bond donors (Lipinski definition) is 0. The van der Waals surface area contributed by atoms with Gasteiger partial charge in [-0.1, -0.05) is 0 Å². The molecule has 0 aliphatic carbocycles. The second-order valence-electron chi connectivity index (χ2n) is 5.67. The van der Waals surface area contributed by atoms with Gasteiger partial charge in [0, 0.05) is 31.4 Å². The smallest absolute Gasteiger partial charge is 0.312 e. The van der Waals surface area contributed by atoms with Crippen LogP contribution in [0.2, 0.25) is 0 Å². The molecule has 0 bridgehead atoms. The van der Waals surface area contributed by atoms with E-state index in [1.807, 2.05) is 9.80 Å². The van der Waals surface area contributed by atoms with Crippen molar-refractivity contribution < 1.29 is 14.5 Å². The summed E-state index contributed by atoms with van der Waals surface area (Å²) in [6, 6.07) is 3.24. The summed E-state index contributed by atoms with van der Waals surface area (Å²) < 4.78 is 5.09. The maximum absolute atomic E-state index is 12.3. The van der Waals surface area contributed by atoms with Crippen LogP contribution >= 0.6 is 0 Å². The number of nitrogens with zero attached hydrogens (tertiary/aromatic N) is 3. The Hall–Kier alpha value is -2.31. The molecule has 0 unspecified atom stereocenters. The predicted octanol–water partition coefficient (Wildman–Crippen LogP) is 1.59. The Balaban J connectivity index is 1.82. The molecule has 1 aromatic rings. The molecule has 0 saturated carbocycles. The largest absolute Gasteiger partial charge is 0.490 e. The highest BCUT2D eigenvalue weighted by Gasteiger charge is 2.28. The Morgan fingerprint density at radius 2 is 2.05 bits per heavy atom. The number of benzene rings is 1. The molecule has 1 fully saturated rings. The summed E-state index contributed by atoms with van der Waals surface area (Å²) >= 11 is 0. The molecule has 3 rings (SSSR count). The van der Waals surface area contributed by atoms with E-state index >= 15 is 0 Å². The van der Waals surface area contributed by atoms with E-state index in [0.29, 0.717) is 6.54 Å². The van der Waals surface area contributed by atoms with Crippen molar-refractivity contribution in [2.24, 2.45) is 0 Å². The monoisotopic (exact) mass is 305 g/mol. The van der Waals surface area contributed by atoms with Gasteiger partial charge in [-0.3, -0.25) is 14.9 Å². The molecule has 2 heterocycles. The molecule has 0 spiro atoms. The van der Waals surface area contributed by atoms with E-state index in [1.54, 1.807) is 6.07 Å². The van der Waals surface area contributed by atoms with Crippen LogP contribution in [0.25, 0.3) is 0 Å². The fraction of sp³-hybridized carbons (Fsp3) is 0.533. The minimum atomic E-state index is -0.447. The lowest BCUT2D eigenvalue weighted by molar-refractivity contribution is -0.385. The first kappa shape index (κ1) is 14.6. The van der Waals surface area contributed by atoms with Gasteiger partial charge < -0.3 is 14.5 Å². The summed E-state index contributed by atoms with van der Waals surface area (Å²) in [5.41, 5.74) is 1.72. The minimum Gasteiger partial charge on any atom is -0.490 e. The van der Waals surface area contributed by atoms with Crippen LogP contribution in [0.5, 0.6) is 5.75 Å². The maximum Gasteiger partial charge on any atom is 0.312 e. The Bertz CT molecular complexity index is 611. The van der Waals surface area contributed by atoms with Crippen molar-refractivity contribution in [2.75, 3.05) is 38.2 Å². The van der Waals surface area contributed by atoms with E-state index in [9.17, 15) is 14.9 Å². The molecular formula is C15H19N3O4. The van der Waals surface area contributed by atoms with E-state index in [2.05, 4.69) is 0 Å². The molecule has 7 heteroatoms. The van der Waals surface area contributed by atoms with Gasteiger partial charge in [-0.15, -0.1) is 0 Å². The fourth-order valence-electron chi connectivity index (χ4n) is 3.17. The zero-order valence-corrected chi connectivity index (χ0v) is 12.6. The zero-order chi connectivity index (χ0) is 15.7. The lowest BCUT2D eigenvalue weighted by Gasteiger charge is -2.23. The summed E-state index contributed by atoms with van der Waals surface area (Å²) in [4.78, 5) is 26.8. The number of carbonyl (C=O) groups is 1. The topological polar surface area (TPSA) is 75.9 Å². The summed E-state index contributed by atoms with van der Waals surface area (Å²) in [7, 11) is 1.43. The lowest BCUT2D eigenvalue weighted by atomic mass is 10.1. The van der Waals surface area contributed by atoms with Crippen LogP contribution in [-0.2, 0) is 11.2 Å². The molecule has 1 amide bonds. The number of ether oxygens (including phenoxy) is 1. The van der Waals surface area contributed by atoms with Crippen LogP contribution < -0.4 is 9.64 Å². The Morgan fingerprint density at radius 1 is 1.32 bits per heavy atom. The van der Waals surface area contributed by atoms with E-state index in [0.717, 1.165) is 43.6 Å². The third kappa shape index (κ3) is 2.58. The van der Waals surface area contributed by atoms with Crippen LogP contribution in [0, 0.1) is 10.1 Å². The number of nitro benzene ring substituents is 1. The lowest BCUT2D eigenvalue weighted by Crippen LogP contribution is -2.38. The van der Waals surface area contributed by atoms with Crippen molar-refractivity contribution >= 4 is 17.3 Å². The van der Waals surface area contributed by atoms with E-state index < -0.39 is 4.92 Å². The van der Waals surface area contributed by atoms with Crippen molar-refractivity contribution in [1.29, 1.82) is 0 Å². The van der Waals surface area contributed by atoms with Gasteiger partial charge in [0.2, 0.25) is 5.91 Å². The molecular weight excluding hydrogens is 286 g/mol. The van der Waals surface area contributed by atoms with Gasteiger partial charge in [-0.2, -0.15) is 0 Å². The second-order valence-corrected chi connectivity index (χ2v) is 5.67. The van der Waals surface area contributed by atoms with Crippen molar-refractivity contribution in [2.45, 2.75) is 19.3 Å². The summed E-state index contributed by atoms with van der Waals surface area (Å²) in [6.07, 6.45) is 2.90. The highest BCUT2D eigenvalue weighted by molar-refractivity contribution is 5.83. The molecule has 118 valence electrons.